The van der Waals surface area contributed by atoms with Gasteiger partial charge in [-0.05, 0) is 108 Å². The Bertz CT molecular complexity index is 1350. The summed E-state index contributed by atoms with van der Waals surface area (Å²) in [6.45, 7) is 1.91. The van der Waals surface area contributed by atoms with Gasteiger partial charge in [0.25, 0.3) is 11.1 Å². The average Bonchev–Trinajstić information content (AvgIpc) is 3.32. The number of hydrogen-bond donors (Lipinski definition) is 1. The van der Waals surface area contributed by atoms with Gasteiger partial charge in [0.1, 0.15) is 5.52 Å². The summed E-state index contributed by atoms with van der Waals surface area (Å²) in [4.78, 5) is 28.5. The average molecular weight is 471 g/mol. The summed E-state index contributed by atoms with van der Waals surface area (Å²) in [7, 11) is 0. The third kappa shape index (κ3) is 3.26. The van der Waals surface area contributed by atoms with Crippen LogP contribution in [0.4, 0.5) is 4.79 Å². The standard InChI is InChI=1S/C28H26N2O3S/c1-15-29-23-11-21(28-12-17-6-18(13-28)8-19(7-17)14-28)10-22(25(23)33-15)20-4-2-16(3-5-20)9-24-26(31)30-27(32)34-24/h2-5,9-11,17-19H,6-8,12-14H2,1H3,(H,30,31,32)/b24-9+. The maximum atomic E-state index is 11.9. The first-order chi connectivity index (χ1) is 16.4. The predicted octanol–water partition coefficient (Wildman–Crippen LogP) is 6.59. The number of fused-ring (bicyclic) bond motifs is 1. The number of imide groups is 1. The summed E-state index contributed by atoms with van der Waals surface area (Å²) in [6, 6.07) is 12.8. The molecule has 3 aromatic rings. The van der Waals surface area contributed by atoms with Crippen molar-refractivity contribution < 1.29 is 14.0 Å². The van der Waals surface area contributed by atoms with Crippen molar-refractivity contribution in [3.8, 4) is 11.1 Å². The van der Waals surface area contributed by atoms with E-state index in [4.69, 9.17) is 9.40 Å². The Labute approximate surface area is 202 Å². The van der Waals surface area contributed by atoms with Gasteiger partial charge in [-0.25, -0.2) is 4.98 Å². The van der Waals surface area contributed by atoms with Gasteiger partial charge < -0.3 is 4.42 Å². The molecule has 0 radical (unpaired) electrons. The van der Waals surface area contributed by atoms with Gasteiger partial charge in [0.05, 0.1) is 4.91 Å². The SMILES string of the molecule is Cc1nc2cc(C34CC5CC(CC(C5)C3)C4)cc(-c3ccc(/C=C4/SC(=O)NC4=O)cc3)c2o1. The zero-order chi connectivity index (χ0) is 23.0. The summed E-state index contributed by atoms with van der Waals surface area (Å²) >= 11 is 0.941. The van der Waals surface area contributed by atoms with E-state index >= 15 is 0 Å². The lowest BCUT2D eigenvalue weighted by atomic mass is 9.48. The number of hydrogen-bond acceptors (Lipinski definition) is 5. The van der Waals surface area contributed by atoms with Gasteiger partial charge in [0.15, 0.2) is 11.5 Å². The molecule has 2 amide bonds. The molecule has 5 aliphatic rings. The lowest BCUT2D eigenvalue weighted by molar-refractivity contribution is -0.115. The van der Waals surface area contributed by atoms with E-state index in [1.54, 1.807) is 6.08 Å². The number of aromatic nitrogens is 1. The Hall–Kier alpha value is -2.86. The number of benzene rings is 2. The highest BCUT2D eigenvalue weighted by molar-refractivity contribution is 8.18. The van der Waals surface area contributed by atoms with Crippen LogP contribution in [0, 0.1) is 24.7 Å². The Kier molecular flexibility index (Phi) is 4.41. The number of thioether (sulfide) groups is 1. The fourth-order valence-corrected chi connectivity index (χ4v) is 8.14. The molecular formula is C28H26N2O3S. The molecule has 1 aliphatic heterocycles. The lowest BCUT2D eigenvalue weighted by Crippen LogP contribution is -2.48. The number of nitrogens with one attached hydrogen (secondary N) is 1. The molecule has 6 heteroatoms. The minimum atomic E-state index is -0.332. The molecular weight excluding hydrogens is 444 g/mol. The highest BCUT2D eigenvalue weighted by Gasteiger charge is 2.51. The van der Waals surface area contributed by atoms with Crippen molar-refractivity contribution in [1.29, 1.82) is 0 Å². The van der Waals surface area contributed by atoms with Crippen LogP contribution in [0.25, 0.3) is 28.3 Å². The van der Waals surface area contributed by atoms with Crippen LogP contribution in [-0.2, 0) is 10.2 Å². The number of oxazole rings is 1. The van der Waals surface area contributed by atoms with Gasteiger partial charge >= 0.3 is 0 Å². The van der Waals surface area contributed by atoms with Gasteiger partial charge in [-0.3, -0.25) is 14.9 Å². The zero-order valence-electron chi connectivity index (χ0n) is 19.1. The molecule has 0 spiro atoms. The molecule has 5 nitrogen and oxygen atoms in total. The van der Waals surface area contributed by atoms with E-state index in [-0.39, 0.29) is 16.6 Å². The van der Waals surface area contributed by atoms with Crippen LogP contribution in [0.2, 0.25) is 0 Å². The Morgan fingerprint density at radius 3 is 2.32 bits per heavy atom. The third-order valence-electron chi connectivity index (χ3n) is 8.41. The first kappa shape index (κ1) is 20.5. The molecule has 2 heterocycles. The van der Waals surface area contributed by atoms with Crippen molar-refractivity contribution in [2.75, 3.05) is 0 Å². The minimum Gasteiger partial charge on any atom is -0.440 e. The van der Waals surface area contributed by atoms with Crippen LogP contribution < -0.4 is 5.32 Å². The second-order valence-electron chi connectivity index (χ2n) is 10.8. The van der Waals surface area contributed by atoms with E-state index in [9.17, 15) is 9.59 Å². The number of nitrogens with zero attached hydrogens (tertiary/aromatic N) is 1. The van der Waals surface area contributed by atoms with Gasteiger partial charge in [-0.15, -0.1) is 0 Å². The first-order valence-electron chi connectivity index (χ1n) is 12.2. The van der Waals surface area contributed by atoms with Crippen molar-refractivity contribution >= 4 is 40.1 Å². The van der Waals surface area contributed by atoms with Crippen LogP contribution in [-0.4, -0.2) is 16.1 Å². The molecule has 172 valence electrons. The molecule has 4 bridgehead atoms. The molecule has 5 fully saturated rings. The van der Waals surface area contributed by atoms with Crippen LogP contribution in [0.1, 0.15) is 55.5 Å². The molecule has 8 rings (SSSR count). The maximum absolute atomic E-state index is 11.9. The Morgan fingerprint density at radius 1 is 1.03 bits per heavy atom. The zero-order valence-corrected chi connectivity index (χ0v) is 19.9. The van der Waals surface area contributed by atoms with Gasteiger partial charge in [0, 0.05) is 12.5 Å². The predicted molar refractivity (Wildman–Crippen MR) is 133 cm³/mol. The summed E-state index contributed by atoms with van der Waals surface area (Å²) < 4.78 is 6.07. The van der Waals surface area contributed by atoms with Crippen molar-refractivity contribution in [2.24, 2.45) is 17.8 Å². The fourth-order valence-electron chi connectivity index (χ4n) is 7.46. The van der Waals surface area contributed by atoms with Crippen LogP contribution in [0.15, 0.2) is 45.7 Å². The fraction of sp³-hybridized carbons (Fsp3) is 0.393. The van der Waals surface area contributed by atoms with Gasteiger partial charge in [0.2, 0.25) is 0 Å². The van der Waals surface area contributed by atoms with E-state index in [0.29, 0.717) is 10.8 Å². The molecule has 0 atom stereocenters. The minimum absolute atomic E-state index is 0.286. The molecule has 1 aromatic heterocycles. The monoisotopic (exact) mass is 470 g/mol. The van der Waals surface area contributed by atoms with Crippen molar-refractivity contribution in [1.82, 2.24) is 10.3 Å². The topological polar surface area (TPSA) is 72.2 Å². The van der Waals surface area contributed by atoms with Crippen molar-refractivity contribution in [3.05, 3.63) is 58.3 Å². The van der Waals surface area contributed by atoms with Crippen LogP contribution >= 0.6 is 11.8 Å². The van der Waals surface area contributed by atoms with Crippen LogP contribution in [0.5, 0.6) is 0 Å². The number of rotatable bonds is 3. The number of carbonyl (C=O) groups is 2. The second kappa shape index (κ2) is 7.32. The normalized spacial score (nSPS) is 31.1. The van der Waals surface area contributed by atoms with E-state index in [1.807, 2.05) is 19.1 Å². The summed E-state index contributed by atoms with van der Waals surface area (Å²) in [5.41, 5.74) is 6.57. The second-order valence-corrected chi connectivity index (χ2v) is 11.8. The molecule has 1 N–H and O–H groups in total. The molecule has 4 aliphatic carbocycles. The number of carbonyl (C=O) groups excluding carboxylic acids is 2. The molecule has 2 aromatic carbocycles. The lowest BCUT2D eigenvalue weighted by Gasteiger charge is -2.57. The van der Waals surface area contributed by atoms with Gasteiger partial charge in [-0.2, -0.15) is 0 Å². The molecule has 4 saturated carbocycles. The van der Waals surface area contributed by atoms with E-state index < -0.39 is 0 Å². The smallest absolute Gasteiger partial charge is 0.290 e. The summed E-state index contributed by atoms with van der Waals surface area (Å²) in [5, 5.41) is 1.98. The highest BCUT2D eigenvalue weighted by Crippen LogP contribution is 2.61. The quantitative estimate of drug-likeness (QED) is 0.437. The summed E-state index contributed by atoms with van der Waals surface area (Å²) in [5.74, 6) is 3.01. The molecule has 0 unspecified atom stereocenters. The maximum Gasteiger partial charge on any atom is 0.290 e. The van der Waals surface area contributed by atoms with Crippen molar-refractivity contribution in [2.45, 2.75) is 50.9 Å². The molecule has 34 heavy (non-hydrogen) atoms. The van der Waals surface area contributed by atoms with E-state index in [2.05, 4.69) is 29.6 Å². The van der Waals surface area contributed by atoms with Crippen LogP contribution in [0.3, 0.4) is 0 Å². The Morgan fingerprint density at radius 2 is 1.71 bits per heavy atom. The number of amides is 2. The third-order valence-corrected chi connectivity index (χ3v) is 9.22. The van der Waals surface area contributed by atoms with Crippen molar-refractivity contribution in [3.63, 3.8) is 0 Å². The summed E-state index contributed by atoms with van der Waals surface area (Å²) in [6.07, 6.45) is 9.97. The molecule has 1 saturated heterocycles. The number of aryl methyl sites for hydroxylation is 1. The van der Waals surface area contributed by atoms with E-state index in [0.717, 1.165) is 57.3 Å². The van der Waals surface area contributed by atoms with Gasteiger partial charge in [-0.1, -0.05) is 24.3 Å². The Balaban J connectivity index is 1.30. The first-order valence-corrected chi connectivity index (χ1v) is 13.0. The highest BCUT2D eigenvalue weighted by atomic mass is 32.2. The largest absolute Gasteiger partial charge is 0.440 e. The van der Waals surface area contributed by atoms with E-state index in [1.165, 1.54) is 44.1 Å².